The van der Waals surface area contributed by atoms with E-state index in [1.165, 1.54) is 16.2 Å². The molecule has 0 saturated heterocycles. The van der Waals surface area contributed by atoms with Gasteiger partial charge >= 0.3 is 5.69 Å². The first-order valence-corrected chi connectivity index (χ1v) is 5.25. The van der Waals surface area contributed by atoms with Crippen molar-refractivity contribution in [1.82, 2.24) is 19.1 Å². The molecule has 0 aromatic carbocycles. The topological polar surface area (TPSA) is 120 Å². The molecule has 4 N–H and O–H groups in total. The van der Waals surface area contributed by atoms with Gasteiger partial charge in [-0.1, -0.05) is 0 Å². The summed E-state index contributed by atoms with van der Waals surface area (Å²) in [5.74, 6) is 5.59. The van der Waals surface area contributed by atoms with Crippen molar-refractivity contribution in [2.24, 2.45) is 12.9 Å². The van der Waals surface area contributed by atoms with Crippen LogP contribution in [0.1, 0.15) is 0 Å². The van der Waals surface area contributed by atoms with Crippen molar-refractivity contribution in [2.75, 3.05) is 19.1 Å². The van der Waals surface area contributed by atoms with Gasteiger partial charge in [0.2, 0.25) is 5.95 Å². The molecule has 0 unspecified atom stereocenters. The minimum atomic E-state index is -0.522. The van der Waals surface area contributed by atoms with Crippen LogP contribution in [0.15, 0.2) is 9.59 Å². The van der Waals surface area contributed by atoms with Crippen LogP contribution in [-0.4, -0.2) is 32.8 Å². The number of anilines is 1. The van der Waals surface area contributed by atoms with E-state index in [4.69, 9.17) is 10.6 Å². The third-order valence-corrected chi connectivity index (χ3v) is 2.66. The van der Waals surface area contributed by atoms with Crippen LogP contribution in [0.3, 0.4) is 0 Å². The van der Waals surface area contributed by atoms with E-state index in [0.717, 1.165) is 0 Å². The molecule has 0 atom stereocenters. The first-order valence-electron chi connectivity index (χ1n) is 5.25. The molecular formula is C9H14N6O3. The SMILES string of the molecule is COCCn1c(=O)[nH]c(=O)c2c1nc(NN)n2C. The number of methoxy groups -OCH3 is 1. The van der Waals surface area contributed by atoms with Crippen LogP contribution in [-0.2, 0) is 18.3 Å². The molecule has 18 heavy (non-hydrogen) atoms. The molecule has 0 radical (unpaired) electrons. The summed E-state index contributed by atoms with van der Waals surface area (Å²) in [6.45, 7) is 0.632. The lowest BCUT2D eigenvalue weighted by molar-refractivity contribution is 0.187. The molecule has 0 aliphatic heterocycles. The fourth-order valence-corrected chi connectivity index (χ4v) is 1.77. The van der Waals surface area contributed by atoms with Crippen LogP contribution in [0.5, 0.6) is 0 Å². The maximum absolute atomic E-state index is 11.7. The molecule has 0 aliphatic rings. The van der Waals surface area contributed by atoms with Crippen molar-refractivity contribution in [3.05, 3.63) is 20.8 Å². The Morgan fingerprint density at radius 2 is 2.22 bits per heavy atom. The first-order chi connectivity index (χ1) is 8.60. The molecular weight excluding hydrogens is 240 g/mol. The monoisotopic (exact) mass is 254 g/mol. The number of hydrazine groups is 1. The second kappa shape index (κ2) is 4.63. The summed E-state index contributed by atoms with van der Waals surface area (Å²) in [6.07, 6.45) is 0. The summed E-state index contributed by atoms with van der Waals surface area (Å²) in [4.78, 5) is 29.8. The zero-order valence-electron chi connectivity index (χ0n) is 10.1. The number of aromatic nitrogens is 4. The molecule has 2 aromatic rings. The summed E-state index contributed by atoms with van der Waals surface area (Å²) in [7, 11) is 3.16. The van der Waals surface area contributed by atoms with Gasteiger partial charge in [0.1, 0.15) is 0 Å². The quantitative estimate of drug-likeness (QED) is 0.444. The Labute approximate surface area is 101 Å². The zero-order chi connectivity index (χ0) is 13.3. The average Bonchev–Trinajstić information content (AvgIpc) is 2.66. The Hall–Kier alpha value is -2.13. The highest BCUT2D eigenvalue weighted by atomic mass is 16.5. The summed E-state index contributed by atoms with van der Waals surface area (Å²) < 4.78 is 7.73. The summed E-state index contributed by atoms with van der Waals surface area (Å²) >= 11 is 0. The van der Waals surface area contributed by atoms with Crippen molar-refractivity contribution in [2.45, 2.75) is 6.54 Å². The van der Waals surface area contributed by atoms with Gasteiger partial charge in [-0.15, -0.1) is 0 Å². The van der Waals surface area contributed by atoms with E-state index in [1.54, 1.807) is 7.05 Å². The Balaban J connectivity index is 2.77. The predicted molar refractivity (Wildman–Crippen MR) is 65.3 cm³/mol. The molecule has 2 aromatic heterocycles. The molecule has 2 heterocycles. The van der Waals surface area contributed by atoms with Gasteiger partial charge in [0, 0.05) is 14.2 Å². The number of ether oxygens (including phenoxy) is 1. The second-order valence-corrected chi connectivity index (χ2v) is 3.71. The summed E-state index contributed by atoms with van der Waals surface area (Å²) in [5, 5.41) is 0. The highest BCUT2D eigenvalue weighted by Gasteiger charge is 2.15. The lowest BCUT2D eigenvalue weighted by Gasteiger charge is -2.04. The van der Waals surface area contributed by atoms with Crippen LogP contribution < -0.4 is 22.5 Å². The lowest BCUT2D eigenvalue weighted by atomic mass is 10.5. The van der Waals surface area contributed by atoms with E-state index in [-0.39, 0.29) is 11.2 Å². The maximum atomic E-state index is 11.7. The number of nitrogens with zero attached hydrogens (tertiary/aromatic N) is 3. The largest absolute Gasteiger partial charge is 0.383 e. The lowest BCUT2D eigenvalue weighted by Crippen LogP contribution is -2.32. The number of H-pyrrole nitrogens is 1. The van der Waals surface area contributed by atoms with Crippen LogP contribution in [0.25, 0.3) is 11.2 Å². The van der Waals surface area contributed by atoms with Crippen molar-refractivity contribution < 1.29 is 4.74 Å². The molecule has 0 saturated carbocycles. The number of nitrogen functional groups attached to an aromatic ring is 1. The third kappa shape index (κ3) is 1.79. The molecule has 0 amide bonds. The average molecular weight is 254 g/mol. The normalized spacial score (nSPS) is 11.1. The molecule has 0 fully saturated rings. The molecule has 9 nitrogen and oxygen atoms in total. The minimum absolute atomic E-state index is 0.274. The Morgan fingerprint density at radius 3 is 2.83 bits per heavy atom. The number of fused-ring (bicyclic) bond motifs is 1. The number of hydrogen-bond acceptors (Lipinski definition) is 6. The number of nitrogens with two attached hydrogens (primary N) is 1. The number of aryl methyl sites for hydroxylation is 1. The standard InChI is InChI=1S/C9H14N6O3/c1-14-5-6(11-8(14)13-10)15(3-4-18-2)9(17)12-7(5)16/h3-4,10H2,1-2H3,(H,11,13)(H,12,16,17). The predicted octanol–water partition coefficient (Wildman–Crippen LogP) is -1.64. The van der Waals surface area contributed by atoms with Crippen LogP contribution in [0, 0.1) is 0 Å². The molecule has 0 aliphatic carbocycles. The van der Waals surface area contributed by atoms with E-state index in [9.17, 15) is 9.59 Å². The minimum Gasteiger partial charge on any atom is -0.383 e. The van der Waals surface area contributed by atoms with Gasteiger partial charge in [-0.25, -0.2) is 10.6 Å². The van der Waals surface area contributed by atoms with Crippen molar-refractivity contribution >= 4 is 17.1 Å². The Kier molecular flexibility index (Phi) is 3.17. The van der Waals surface area contributed by atoms with E-state index in [2.05, 4.69) is 15.4 Å². The van der Waals surface area contributed by atoms with Crippen LogP contribution >= 0.6 is 0 Å². The van der Waals surface area contributed by atoms with Crippen LogP contribution in [0.2, 0.25) is 0 Å². The fourth-order valence-electron chi connectivity index (χ4n) is 1.77. The molecule has 0 bridgehead atoms. The van der Waals surface area contributed by atoms with Gasteiger partial charge in [0.05, 0.1) is 13.2 Å². The van der Waals surface area contributed by atoms with Gasteiger partial charge < -0.3 is 9.30 Å². The molecule has 9 heteroatoms. The number of hydrogen-bond donors (Lipinski definition) is 3. The highest BCUT2D eigenvalue weighted by Crippen LogP contribution is 2.11. The zero-order valence-corrected chi connectivity index (χ0v) is 10.1. The van der Waals surface area contributed by atoms with Gasteiger partial charge in [-0.3, -0.25) is 19.8 Å². The number of aromatic amines is 1. The Morgan fingerprint density at radius 1 is 1.50 bits per heavy atom. The van der Waals surface area contributed by atoms with E-state index in [0.29, 0.717) is 19.1 Å². The maximum Gasteiger partial charge on any atom is 0.330 e. The molecule has 98 valence electrons. The molecule has 2 rings (SSSR count). The smallest absolute Gasteiger partial charge is 0.330 e. The van der Waals surface area contributed by atoms with E-state index < -0.39 is 11.2 Å². The van der Waals surface area contributed by atoms with Crippen molar-refractivity contribution in [1.29, 1.82) is 0 Å². The summed E-state index contributed by atoms with van der Waals surface area (Å²) in [5.41, 5.74) is 1.90. The number of nitrogens with one attached hydrogen (secondary N) is 2. The summed E-state index contributed by atoms with van der Waals surface area (Å²) in [6, 6.07) is 0. The first kappa shape index (κ1) is 12.3. The number of imidazole rings is 1. The van der Waals surface area contributed by atoms with Gasteiger partial charge in [-0.05, 0) is 0 Å². The third-order valence-electron chi connectivity index (χ3n) is 2.66. The van der Waals surface area contributed by atoms with Crippen LogP contribution in [0.4, 0.5) is 5.95 Å². The van der Waals surface area contributed by atoms with Gasteiger partial charge in [-0.2, -0.15) is 4.98 Å². The highest BCUT2D eigenvalue weighted by molar-refractivity contribution is 5.73. The van der Waals surface area contributed by atoms with Crippen molar-refractivity contribution in [3.8, 4) is 0 Å². The second-order valence-electron chi connectivity index (χ2n) is 3.71. The fraction of sp³-hybridized carbons (Fsp3) is 0.444. The van der Waals surface area contributed by atoms with E-state index in [1.807, 2.05) is 0 Å². The molecule has 0 spiro atoms. The Bertz CT molecular complexity index is 682. The van der Waals surface area contributed by atoms with E-state index >= 15 is 0 Å². The number of rotatable bonds is 4. The van der Waals surface area contributed by atoms with Gasteiger partial charge in [0.25, 0.3) is 5.56 Å². The van der Waals surface area contributed by atoms with Gasteiger partial charge in [0.15, 0.2) is 11.2 Å². The van der Waals surface area contributed by atoms with Crippen molar-refractivity contribution in [3.63, 3.8) is 0 Å².